The zero-order valence-electron chi connectivity index (χ0n) is 12.0. The second-order valence-electron chi connectivity index (χ2n) is 5.30. The van der Waals surface area contributed by atoms with E-state index >= 15 is 0 Å². The van der Waals surface area contributed by atoms with Gasteiger partial charge in [0, 0.05) is 13.0 Å². The lowest BCUT2D eigenvalue weighted by Gasteiger charge is -2.27. The number of hydrogen-bond donors (Lipinski definition) is 1. The average molecular weight is 277 g/mol. The fourth-order valence-electron chi connectivity index (χ4n) is 2.57. The van der Waals surface area contributed by atoms with Crippen LogP contribution in [0.25, 0.3) is 0 Å². The van der Waals surface area contributed by atoms with Gasteiger partial charge in [0.15, 0.2) is 0 Å². The fourth-order valence-corrected chi connectivity index (χ4v) is 2.57. The van der Waals surface area contributed by atoms with Crippen molar-refractivity contribution >= 4 is 5.91 Å². The number of likely N-dealkylation sites (tertiary alicyclic amines) is 1. The van der Waals surface area contributed by atoms with Gasteiger partial charge in [-0.1, -0.05) is 25.0 Å². The Labute approximate surface area is 120 Å². The van der Waals surface area contributed by atoms with Gasteiger partial charge in [-0.3, -0.25) is 4.79 Å². The molecule has 1 aliphatic heterocycles. The zero-order chi connectivity index (χ0) is 14.4. The first-order valence-electron chi connectivity index (χ1n) is 7.30. The first kappa shape index (κ1) is 14.9. The summed E-state index contributed by atoms with van der Waals surface area (Å²) in [6, 6.07) is 7.38. The third kappa shape index (κ3) is 3.97. The molecule has 110 valence electrons. The molecule has 1 heterocycles. The van der Waals surface area contributed by atoms with E-state index in [0.717, 1.165) is 37.1 Å². The van der Waals surface area contributed by atoms with E-state index in [1.807, 2.05) is 24.3 Å². The van der Waals surface area contributed by atoms with Crippen LogP contribution in [-0.4, -0.2) is 36.1 Å². The molecule has 0 radical (unpaired) electrons. The van der Waals surface area contributed by atoms with Crippen molar-refractivity contribution in [2.75, 3.05) is 20.2 Å². The summed E-state index contributed by atoms with van der Waals surface area (Å²) in [5.74, 6) is 0.882. The van der Waals surface area contributed by atoms with Gasteiger partial charge in [0.1, 0.15) is 5.75 Å². The molecule has 0 aromatic heterocycles. The Morgan fingerprint density at radius 1 is 1.30 bits per heavy atom. The van der Waals surface area contributed by atoms with Crippen LogP contribution < -0.4 is 4.74 Å². The number of β-amino-alcohol motifs (C(OH)–C–C–N with tert-alkyl or cyclic N) is 1. The number of ether oxygens (including phenoxy) is 1. The lowest BCUT2D eigenvalue weighted by Crippen LogP contribution is -2.36. The lowest BCUT2D eigenvalue weighted by atomic mass is 10.1. The Balaban J connectivity index is 2.00. The average Bonchev–Trinajstić information content (AvgIpc) is 2.47. The highest BCUT2D eigenvalue weighted by molar-refractivity contribution is 5.76. The Hall–Kier alpha value is -1.55. The number of carbonyl (C=O) groups excluding carboxylic acids is 1. The smallest absolute Gasteiger partial charge is 0.222 e. The van der Waals surface area contributed by atoms with Crippen molar-refractivity contribution in [1.82, 2.24) is 4.90 Å². The molecular formula is C16H23NO3. The minimum absolute atomic E-state index is 0.159. The third-order valence-electron chi connectivity index (χ3n) is 3.79. The lowest BCUT2D eigenvalue weighted by molar-refractivity contribution is -0.133. The molecule has 4 heteroatoms. The standard InChI is InChI=1S/C16H23NO3/c1-20-14-8-6-7-13(11-14)15(18)12-17-10-5-3-2-4-9-16(17)19/h6-8,11,15,18H,2-5,9-10,12H2,1H3. The second kappa shape index (κ2) is 7.29. The van der Waals surface area contributed by atoms with Gasteiger partial charge in [0.05, 0.1) is 19.8 Å². The second-order valence-corrected chi connectivity index (χ2v) is 5.30. The first-order chi connectivity index (χ1) is 9.70. The first-order valence-corrected chi connectivity index (χ1v) is 7.30. The van der Waals surface area contributed by atoms with Gasteiger partial charge >= 0.3 is 0 Å². The molecule has 0 aliphatic carbocycles. The molecule has 1 N–H and O–H groups in total. The number of nitrogens with zero attached hydrogens (tertiary/aromatic N) is 1. The van der Waals surface area contributed by atoms with Crippen LogP contribution in [0.1, 0.15) is 43.8 Å². The maximum atomic E-state index is 12.0. The van der Waals surface area contributed by atoms with Gasteiger partial charge in [0.25, 0.3) is 0 Å². The predicted octanol–water partition coefficient (Wildman–Crippen LogP) is 2.52. The molecule has 1 unspecified atom stereocenters. The van der Waals surface area contributed by atoms with Gasteiger partial charge in [-0.15, -0.1) is 0 Å². The molecule has 4 nitrogen and oxygen atoms in total. The number of benzene rings is 1. The van der Waals surface area contributed by atoms with Crippen molar-refractivity contribution in [3.05, 3.63) is 29.8 Å². The van der Waals surface area contributed by atoms with Crippen molar-refractivity contribution < 1.29 is 14.6 Å². The molecule has 1 aromatic carbocycles. The van der Waals surface area contributed by atoms with E-state index in [-0.39, 0.29) is 5.91 Å². The summed E-state index contributed by atoms with van der Waals surface area (Å²) in [5.41, 5.74) is 0.791. The van der Waals surface area contributed by atoms with E-state index in [1.165, 1.54) is 6.42 Å². The van der Waals surface area contributed by atoms with Crippen LogP contribution in [0.4, 0.5) is 0 Å². The summed E-state index contributed by atoms with van der Waals surface area (Å²) in [7, 11) is 1.60. The Kier molecular flexibility index (Phi) is 5.41. The summed E-state index contributed by atoms with van der Waals surface area (Å²) in [5, 5.41) is 10.3. The largest absolute Gasteiger partial charge is 0.497 e. The van der Waals surface area contributed by atoms with Gasteiger partial charge in [-0.2, -0.15) is 0 Å². The molecule has 1 amide bonds. The number of carbonyl (C=O) groups is 1. The molecule has 1 aliphatic rings. The Bertz CT molecular complexity index is 447. The SMILES string of the molecule is COc1cccc(C(O)CN2CCCCCCC2=O)c1. The fraction of sp³-hybridized carbons (Fsp3) is 0.562. The van der Waals surface area contributed by atoms with Crippen molar-refractivity contribution in [3.8, 4) is 5.75 Å². The molecule has 0 spiro atoms. The number of rotatable bonds is 4. The van der Waals surface area contributed by atoms with Crippen molar-refractivity contribution in [2.45, 2.75) is 38.2 Å². The van der Waals surface area contributed by atoms with E-state index in [2.05, 4.69) is 0 Å². The summed E-state index contributed by atoms with van der Waals surface area (Å²) >= 11 is 0. The number of aliphatic hydroxyl groups excluding tert-OH is 1. The molecule has 1 fully saturated rings. The topological polar surface area (TPSA) is 49.8 Å². The molecule has 1 atom stereocenters. The minimum atomic E-state index is -0.659. The molecule has 20 heavy (non-hydrogen) atoms. The highest BCUT2D eigenvalue weighted by Crippen LogP contribution is 2.21. The molecule has 2 rings (SSSR count). The zero-order valence-corrected chi connectivity index (χ0v) is 12.0. The highest BCUT2D eigenvalue weighted by atomic mass is 16.5. The van der Waals surface area contributed by atoms with Crippen molar-refractivity contribution in [1.29, 1.82) is 0 Å². The van der Waals surface area contributed by atoms with Gasteiger partial charge in [-0.05, 0) is 30.5 Å². The Morgan fingerprint density at radius 2 is 2.10 bits per heavy atom. The molecule has 0 bridgehead atoms. The summed E-state index contributed by atoms with van der Waals surface area (Å²) < 4.78 is 5.16. The monoisotopic (exact) mass is 277 g/mol. The number of aliphatic hydroxyl groups is 1. The quantitative estimate of drug-likeness (QED) is 0.920. The van der Waals surface area contributed by atoms with E-state index in [0.29, 0.717) is 13.0 Å². The van der Waals surface area contributed by atoms with Gasteiger partial charge in [-0.25, -0.2) is 0 Å². The van der Waals surface area contributed by atoms with Gasteiger partial charge < -0.3 is 14.7 Å². The van der Waals surface area contributed by atoms with Crippen LogP contribution in [0.2, 0.25) is 0 Å². The van der Waals surface area contributed by atoms with E-state index in [4.69, 9.17) is 4.74 Å². The predicted molar refractivity (Wildman–Crippen MR) is 77.6 cm³/mol. The van der Waals surface area contributed by atoms with Crippen LogP contribution in [0.3, 0.4) is 0 Å². The molecule has 1 saturated heterocycles. The minimum Gasteiger partial charge on any atom is -0.497 e. The van der Waals surface area contributed by atoms with Gasteiger partial charge in [0.2, 0.25) is 5.91 Å². The molecule has 0 saturated carbocycles. The highest BCUT2D eigenvalue weighted by Gasteiger charge is 2.19. The van der Waals surface area contributed by atoms with E-state index in [1.54, 1.807) is 12.0 Å². The maximum absolute atomic E-state index is 12.0. The summed E-state index contributed by atoms with van der Waals surface area (Å²) in [4.78, 5) is 13.8. The van der Waals surface area contributed by atoms with Crippen LogP contribution >= 0.6 is 0 Å². The van der Waals surface area contributed by atoms with E-state index in [9.17, 15) is 9.90 Å². The number of methoxy groups -OCH3 is 1. The Morgan fingerprint density at radius 3 is 2.90 bits per heavy atom. The van der Waals surface area contributed by atoms with Crippen LogP contribution in [-0.2, 0) is 4.79 Å². The summed E-state index contributed by atoms with van der Waals surface area (Å²) in [6.07, 6.45) is 4.23. The van der Waals surface area contributed by atoms with Crippen LogP contribution in [0, 0.1) is 0 Å². The third-order valence-corrected chi connectivity index (χ3v) is 3.79. The number of hydrogen-bond acceptors (Lipinski definition) is 3. The molecular weight excluding hydrogens is 254 g/mol. The van der Waals surface area contributed by atoms with E-state index < -0.39 is 6.10 Å². The number of amides is 1. The molecule has 1 aromatic rings. The van der Waals surface area contributed by atoms with Crippen molar-refractivity contribution in [2.24, 2.45) is 0 Å². The normalized spacial score (nSPS) is 18.3. The summed E-state index contributed by atoms with van der Waals surface area (Å²) in [6.45, 7) is 1.12. The van der Waals surface area contributed by atoms with Crippen molar-refractivity contribution in [3.63, 3.8) is 0 Å². The van der Waals surface area contributed by atoms with Crippen LogP contribution in [0.5, 0.6) is 5.75 Å². The van der Waals surface area contributed by atoms with Crippen LogP contribution in [0.15, 0.2) is 24.3 Å². The maximum Gasteiger partial charge on any atom is 0.222 e.